The molecule has 0 aromatic carbocycles. The van der Waals surface area contributed by atoms with Crippen LogP contribution in [-0.2, 0) is 14.3 Å². The van der Waals surface area contributed by atoms with Crippen molar-refractivity contribution < 1.29 is 19.1 Å². The minimum Gasteiger partial charge on any atom is -0.469 e. The Hall–Kier alpha value is -1.30. The summed E-state index contributed by atoms with van der Waals surface area (Å²) in [7, 11) is 1.42. The lowest BCUT2D eigenvalue weighted by molar-refractivity contribution is -0.153. The Labute approximate surface area is 119 Å². The molecular weight excluding hydrogens is 260 g/mol. The van der Waals surface area contributed by atoms with Crippen molar-refractivity contribution in [2.45, 2.75) is 45.3 Å². The van der Waals surface area contributed by atoms with E-state index in [1.807, 2.05) is 20.8 Å². The molecule has 2 fully saturated rings. The number of carbonyl (C=O) groups is 2. The summed E-state index contributed by atoms with van der Waals surface area (Å²) < 4.78 is 10.2. The highest BCUT2D eigenvalue weighted by Gasteiger charge is 2.56. The number of ether oxygens (including phenoxy) is 2. The third kappa shape index (κ3) is 2.90. The van der Waals surface area contributed by atoms with Crippen molar-refractivity contribution in [2.75, 3.05) is 20.2 Å². The summed E-state index contributed by atoms with van der Waals surface area (Å²) in [4.78, 5) is 23.9. The van der Waals surface area contributed by atoms with Crippen LogP contribution >= 0.6 is 0 Å². The van der Waals surface area contributed by atoms with Gasteiger partial charge in [0, 0.05) is 12.6 Å². The summed E-state index contributed by atoms with van der Waals surface area (Å²) in [6.45, 7) is 6.90. The Balaban J connectivity index is 1.98. The Kier molecular flexibility index (Phi) is 3.95. The highest BCUT2D eigenvalue weighted by molar-refractivity contribution is 5.79. The van der Waals surface area contributed by atoms with Crippen molar-refractivity contribution in [1.29, 1.82) is 0 Å². The molecule has 1 saturated heterocycles. The first kappa shape index (κ1) is 15.1. The average molecular weight is 284 g/mol. The van der Waals surface area contributed by atoms with Gasteiger partial charge in [-0.1, -0.05) is 0 Å². The van der Waals surface area contributed by atoms with Gasteiger partial charge in [-0.2, -0.15) is 0 Å². The van der Waals surface area contributed by atoms with Crippen LogP contribution < -0.4 is 10.6 Å². The molecule has 1 amide bonds. The van der Waals surface area contributed by atoms with Crippen molar-refractivity contribution in [3.05, 3.63) is 0 Å². The van der Waals surface area contributed by atoms with E-state index in [0.29, 0.717) is 13.0 Å². The molecule has 0 radical (unpaired) electrons. The second-order valence-corrected chi connectivity index (χ2v) is 6.76. The Morgan fingerprint density at radius 1 is 1.35 bits per heavy atom. The van der Waals surface area contributed by atoms with Gasteiger partial charge in [-0.3, -0.25) is 4.79 Å². The predicted octanol–water partition coefficient (Wildman–Crippen LogP) is 1.05. The van der Waals surface area contributed by atoms with E-state index in [1.165, 1.54) is 7.11 Å². The second-order valence-electron chi connectivity index (χ2n) is 6.76. The van der Waals surface area contributed by atoms with Gasteiger partial charge < -0.3 is 20.1 Å². The molecule has 1 aliphatic heterocycles. The number of alkyl carbamates (subject to hydrolysis) is 1. The number of fused-ring (bicyclic) bond motifs is 1. The monoisotopic (exact) mass is 284 g/mol. The van der Waals surface area contributed by atoms with Crippen LogP contribution in [0.1, 0.15) is 33.6 Å². The standard InChI is InChI=1S/C14H24N2O4/c1-13(2,3)20-12(18)16-10-5-9-7-15-8-14(9,6-10)11(17)19-4/h9-10,15H,5-8H2,1-4H3,(H,16,18)/t9-,10+,14-/m0/s1. The van der Waals surface area contributed by atoms with Gasteiger partial charge in [-0.05, 0) is 46.1 Å². The molecule has 1 saturated carbocycles. The molecule has 0 bridgehead atoms. The van der Waals surface area contributed by atoms with Crippen LogP contribution in [0.4, 0.5) is 4.79 Å². The van der Waals surface area contributed by atoms with E-state index in [4.69, 9.17) is 9.47 Å². The van der Waals surface area contributed by atoms with Gasteiger partial charge in [0.05, 0.1) is 12.5 Å². The third-order valence-corrected chi connectivity index (χ3v) is 4.11. The molecule has 0 unspecified atom stereocenters. The van der Waals surface area contributed by atoms with E-state index in [9.17, 15) is 9.59 Å². The molecule has 20 heavy (non-hydrogen) atoms. The molecule has 0 spiro atoms. The highest BCUT2D eigenvalue weighted by Crippen LogP contribution is 2.46. The SMILES string of the molecule is COC(=O)[C@@]12CNC[C@@H]1C[C@@H](NC(=O)OC(C)(C)C)C2. The minimum absolute atomic E-state index is 0.0314. The van der Waals surface area contributed by atoms with Crippen LogP contribution in [0.5, 0.6) is 0 Å². The zero-order chi connectivity index (χ0) is 15.0. The zero-order valence-electron chi connectivity index (χ0n) is 12.6. The minimum atomic E-state index is -0.514. The van der Waals surface area contributed by atoms with E-state index in [0.717, 1.165) is 13.0 Å². The number of methoxy groups -OCH3 is 1. The van der Waals surface area contributed by atoms with Crippen LogP contribution in [0.3, 0.4) is 0 Å². The number of rotatable bonds is 2. The Morgan fingerprint density at radius 3 is 2.65 bits per heavy atom. The van der Waals surface area contributed by atoms with Crippen LogP contribution in [0.2, 0.25) is 0 Å². The van der Waals surface area contributed by atoms with Gasteiger partial charge in [0.15, 0.2) is 0 Å². The molecule has 6 heteroatoms. The van der Waals surface area contributed by atoms with Gasteiger partial charge in [0.1, 0.15) is 5.60 Å². The lowest BCUT2D eigenvalue weighted by atomic mass is 9.81. The Bertz CT molecular complexity index is 404. The number of hydrogen-bond donors (Lipinski definition) is 2. The normalized spacial score (nSPS) is 32.6. The first-order valence-electron chi connectivity index (χ1n) is 7.05. The van der Waals surface area contributed by atoms with Gasteiger partial charge in [0.2, 0.25) is 0 Å². The molecule has 1 heterocycles. The predicted molar refractivity (Wildman–Crippen MR) is 73.2 cm³/mol. The number of esters is 1. The van der Waals surface area contributed by atoms with Crippen molar-refractivity contribution in [3.63, 3.8) is 0 Å². The maximum atomic E-state index is 12.1. The summed E-state index contributed by atoms with van der Waals surface area (Å²) in [5.74, 6) is 0.0378. The fourth-order valence-corrected chi connectivity index (χ4v) is 3.33. The van der Waals surface area contributed by atoms with Gasteiger partial charge in [-0.15, -0.1) is 0 Å². The molecule has 6 nitrogen and oxygen atoms in total. The summed E-state index contributed by atoms with van der Waals surface area (Å²) in [6.07, 6.45) is 0.966. The first-order valence-corrected chi connectivity index (χ1v) is 7.05. The van der Waals surface area contributed by atoms with E-state index in [2.05, 4.69) is 10.6 Å². The lowest BCUT2D eigenvalue weighted by Crippen LogP contribution is -2.41. The quantitative estimate of drug-likeness (QED) is 0.741. The molecule has 0 aromatic heterocycles. The van der Waals surface area contributed by atoms with Crippen LogP contribution in [-0.4, -0.2) is 43.9 Å². The molecule has 2 N–H and O–H groups in total. The number of nitrogens with one attached hydrogen (secondary N) is 2. The van der Waals surface area contributed by atoms with E-state index >= 15 is 0 Å². The molecular formula is C14H24N2O4. The van der Waals surface area contributed by atoms with Crippen LogP contribution in [0, 0.1) is 11.3 Å². The van der Waals surface area contributed by atoms with E-state index in [1.54, 1.807) is 0 Å². The Morgan fingerprint density at radius 2 is 2.05 bits per heavy atom. The topological polar surface area (TPSA) is 76.7 Å². The molecule has 1 aliphatic carbocycles. The third-order valence-electron chi connectivity index (χ3n) is 4.11. The fourth-order valence-electron chi connectivity index (χ4n) is 3.33. The molecule has 114 valence electrons. The van der Waals surface area contributed by atoms with E-state index in [-0.39, 0.29) is 17.9 Å². The largest absolute Gasteiger partial charge is 0.469 e. The fraction of sp³-hybridized carbons (Fsp3) is 0.857. The van der Waals surface area contributed by atoms with Crippen molar-refractivity contribution in [3.8, 4) is 0 Å². The smallest absolute Gasteiger partial charge is 0.407 e. The van der Waals surface area contributed by atoms with Crippen molar-refractivity contribution in [2.24, 2.45) is 11.3 Å². The van der Waals surface area contributed by atoms with Crippen molar-refractivity contribution >= 4 is 12.1 Å². The van der Waals surface area contributed by atoms with Gasteiger partial charge >= 0.3 is 12.1 Å². The maximum Gasteiger partial charge on any atom is 0.407 e. The lowest BCUT2D eigenvalue weighted by Gasteiger charge is -2.25. The zero-order valence-corrected chi connectivity index (χ0v) is 12.6. The van der Waals surface area contributed by atoms with E-state index < -0.39 is 17.1 Å². The van der Waals surface area contributed by atoms with Gasteiger partial charge in [0.25, 0.3) is 0 Å². The summed E-state index contributed by atoms with van der Waals surface area (Å²) in [6, 6.07) is -0.0314. The number of hydrogen-bond acceptors (Lipinski definition) is 5. The summed E-state index contributed by atoms with van der Waals surface area (Å²) in [5.41, 5.74) is -1.01. The highest BCUT2D eigenvalue weighted by atomic mass is 16.6. The molecule has 2 rings (SSSR count). The molecule has 0 aromatic rings. The van der Waals surface area contributed by atoms with Gasteiger partial charge in [-0.25, -0.2) is 4.79 Å². The summed E-state index contributed by atoms with van der Waals surface area (Å²) in [5, 5.41) is 6.12. The first-order chi connectivity index (χ1) is 9.27. The number of carbonyl (C=O) groups excluding carboxylic acids is 2. The second kappa shape index (κ2) is 5.24. The summed E-state index contributed by atoms with van der Waals surface area (Å²) >= 11 is 0. The van der Waals surface area contributed by atoms with Crippen molar-refractivity contribution in [1.82, 2.24) is 10.6 Å². The maximum absolute atomic E-state index is 12.1. The molecule has 3 atom stereocenters. The van der Waals surface area contributed by atoms with Crippen LogP contribution in [0.15, 0.2) is 0 Å². The van der Waals surface area contributed by atoms with Crippen LogP contribution in [0.25, 0.3) is 0 Å². The molecule has 2 aliphatic rings. The average Bonchev–Trinajstić information content (AvgIpc) is 2.82. The number of amides is 1.